The number of hydrogen-bond acceptors (Lipinski definition) is 3. The highest BCUT2D eigenvalue weighted by Crippen LogP contribution is 2.18. The Morgan fingerprint density at radius 3 is 2.87 bits per heavy atom. The zero-order valence-electron chi connectivity index (χ0n) is 9.46. The number of amides is 1. The molecular formula is C11H21N3O. The third-order valence-corrected chi connectivity index (χ3v) is 3.05. The summed E-state index contributed by atoms with van der Waals surface area (Å²) in [6.45, 7) is 2.65. The van der Waals surface area contributed by atoms with E-state index in [0.29, 0.717) is 18.6 Å². The molecule has 4 heteroatoms. The van der Waals surface area contributed by atoms with Crippen molar-refractivity contribution in [2.75, 3.05) is 26.7 Å². The molecule has 2 fully saturated rings. The van der Waals surface area contributed by atoms with Crippen molar-refractivity contribution < 1.29 is 4.79 Å². The van der Waals surface area contributed by atoms with Crippen LogP contribution in [0, 0.1) is 0 Å². The largest absolute Gasteiger partial charge is 0.352 e. The lowest BCUT2D eigenvalue weighted by Gasteiger charge is -2.20. The van der Waals surface area contributed by atoms with Crippen molar-refractivity contribution in [1.29, 1.82) is 0 Å². The first-order valence-electron chi connectivity index (χ1n) is 5.95. The maximum Gasteiger partial charge on any atom is 0.234 e. The molecule has 0 spiro atoms. The van der Waals surface area contributed by atoms with Gasteiger partial charge in [0.15, 0.2) is 0 Å². The minimum Gasteiger partial charge on any atom is -0.352 e. The Kier molecular flexibility index (Phi) is 3.59. The molecule has 86 valence electrons. The van der Waals surface area contributed by atoms with Crippen molar-refractivity contribution >= 4 is 5.91 Å². The van der Waals surface area contributed by atoms with Crippen molar-refractivity contribution in [2.24, 2.45) is 0 Å². The fourth-order valence-electron chi connectivity index (χ4n) is 2.10. The molecule has 15 heavy (non-hydrogen) atoms. The number of likely N-dealkylation sites (N-methyl/N-ethyl adjacent to an activating group) is 1. The van der Waals surface area contributed by atoms with Crippen molar-refractivity contribution in [1.82, 2.24) is 15.5 Å². The smallest absolute Gasteiger partial charge is 0.234 e. The molecule has 4 nitrogen and oxygen atoms in total. The molecule has 0 radical (unpaired) electrons. The van der Waals surface area contributed by atoms with Crippen LogP contribution in [0.2, 0.25) is 0 Å². The summed E-state index contributed by atoms with van der Waals surface area (Å²) in [4.78, 5) is 13.6. The van der Waals surface area contributed by atoms with E-state index < -0.39 is 0 Å². The summed E-state index contributed by atoms with van der Waals surface area (Å²) in [6.07, 6.45) is 4.85. The van der Waals surface area contributed by atoms with Gasteiger partial charge < -0.3 is 10.6 Å². The quantitative estimate of drug-likeness (QED) is 0.670. The van der Waals surface area contributed by atoms with E-state index in [4.69, 9.17) is 0 Å². The lowest BCUT2D eigenvalue weighted by Crippen LogP contribution is -2.41. The Labute approximate surface area is 91.4 Å². The summed E-state index contributed by atoms with van der Waals surface area (Å²) < 4.78 is 0. The SMILES string of the molecule is CN(CC(=O)NC1CC1)C[C@H]1CCCN1. The Morgan fingerprint density at radius 2 is 2.27 bits per heavy atom. The number of rotatable bonds is 5. The van der Waals surface area contributed by atoms with E-state index in [0.717, 1.165) is 13.1 Å². The zero-order chi connectivity index (χ0) is 10.7. The van der Waals surface area contributed by atoms with E-state index in [-0.39, 0.29) is 5.91 Å². The minimum absolute atomic E-state index is 0.179. The number of carbonyl (C=O) groups is 1. The second-order valence-corrected chi connectivity index (χ2v) is 4.83. The van der Waals surface area contributed by atoms with E-state index in [1.807, 2.05) is 7.05 Å². The molecule has 2 N–H and O–H groups in total. The molecule has 2 aliphatic rings. The molecule has 0 aromatic rings. The lowest BCUT2D eigenvalue weighted by atomic mass is 10.2. The van der Waals surface area contributed by atoms with Crippen LogP contribution in [0.1, 0.15) is 25.7 Å². The molecule has 1 atom stereocenters. The van der Waals surface area contributed by atoms with Gasteiger partial charge in [-0.05, 0) is 39.3 Å². The van der Waals surface area contributed by atoms with Gasteiger partial charge in [-0.1, -0.05) is 0 Å². The van der Waals surface area contributed by atoms with Gasteiger partial charge in [0.2, 0.25) is 5.91 Å². The minimum atomic E-state index is 0.179. The number of nitrogens with zero attached hydrogens (tertiary/aromatic N) is 1. The molecule has 0 bridgehead atoms. The van der Waals surface area contributed by atoms with E-state index in [2.05, 4.69) is 15.5 Å². The highest BCUT2D eigenvalue weighted by Gasteiger charge is 2.24. The van der Waals surface area contributed by atoms with Crippen LogP contribution in [0.5, 0.6) is 0 Å². The molecule has 1 aliphatic heterocycles. The van der Waals surface area contributed by atoms with Crippen LogP contribution in [0.4, 0.5) is 0 Å². The first-order valence-corrected chi connectivity index (χ1v) is 5.95. The highest BCUT2D eigenvalue weighted by atomic mass is 16.2. The van der Waals surface area contributed by atoms with Crippen molar-refractivity contribution in [3.05, 3.63) is 0 Å². The van der Waals surface area contributed by atoms with Crippen molar-refractivity contribution in [2.45, 2.75) is 37.8 Å². The third kappa shape index (κ3) is 3.80. The molecule has 2 rings (SSSR count). The summed E-state index contributed by atoms with van der Waals surface area (Å²) in [5, 5.41) is 6.45. The van der Waals surface area contributed by atoms with Gasteiger partial charge in [0.05, 0.1) is 6.54 Å². The van der Waals surface area contributed by atoms with Crippen LogP contribution in [0.25, 0.3) is 0 Å². The van der Waals surface area contributed by atoms with Gasteiger partial charge in [-0.15, -0.1) is 0 Å². The van der Waals surface area contributed by atoms with Crippen LogP contribution >= 0.6 is 0 Å². The highest BCUT2D eigenvalue weighted by molar-refractivity contribution is 5.78. The summed E-state index contributed by atoms with van der Waals surface area (Å²) in [6, 6.07) is 1.07. The molecule has 1 saturated heterocycles. The second-order valence-electron chi connectivity index (χ2n) is 4.83. The zero-order valence-corrected chi connectivity index (χ0v) is 9.46. The van der Waals surface area contributed by atoms with Gasteiger partial charge in [0.25, 0.3) is 0 Å². The topological polar surface area (TPSA) is 44.4 Å². The Hall–Kier alpha value is -0.610. The predicted octanol–water partition coefficient (Wildman–Crippen LogP) is -0.0512. The van der Waals surface area contributed by atoms with Gasteiger partial charge in [-0.2, -0.15) is 0 Å². The van der Waals surface area contributed by atoms with Gasteiger partial charge in [0.1, 0.15) is 0 Å². The molecule has 0 aromatic heterocycles. The van der Waals surface area contributed by atoms with E-state index in [9.17, 15) is 4.79 Å². The lowest BCUT2D eigenvalue weighted by molar-refractivity contribution is -0.122. The molecule has 1 aliphatic carbocycles. The fraction of sp³-hybridized carbons (Fsp3) is 0.909. The first kappa shape index (κ1) is 10.9. The predicted molar refractivity (Wildman–Crippen MR) is 59.7 cm³/mol. The van der Waals surface area contributed by atoms with Gasteiger partial charge in [-0.25, -0.2) is 0 Å². The van der Waals surface area contributed by atoms with Crippen LogP contribution in [-0.4, -0.2) is 49.6 Å². The Balaban J connectivity index is 1.61. The summed E-state index contributed by atoms with van der Waals surface area (Å²) in [5.41, 5.74) is 0. The first-order chi connectivity index (χ1) is 7.24. The van der Waals surface area contributed by atoms with Crippen LogP contribution in [0.3, 0.4) is 0 Å². The van der Waals surface area contributed by atoms with Crippen molar-refractivity contribution in [3.8, 4) is 0 Å². The molecule has 0 unspecified atom stereocenters. The summed E-state index contributed by atoms with van der Waals surface area (Å²) in [7, 11) is 2.02. The number of carbonyl (C=O) groups excluding carboxylic acids is 1. The van der Waals surface area contributed by atoms with Gasteiger partial charge >= 0.3 is 0 Å². The normalized spacial score (nSPS) is 25.9. The standard InChI is InChI=1S/C11H21N3O/c1-14(7-10-3-2-6-12-10)8-11(15)13-9-4-5-9/h9-10,12H,2-8H2,1H3,(H,13,15)/t10-/m1/s1. The molecule has 1 amide bonds. The Bertz CT molecular complexity index is 222. The number of nitrogens with one attached hydrogen (secondary N) is 2. The van der Waals surface area contributed by atoms with E-state index >= 15 is 0 Å². The third-order valence-electron chi connectivity index (χ3n) is 3.05. The number of hydrogen-bond donors (Lipinski definition) is 2. The summed E-state index contributed by atoms with van der Waals surface area (Å²) >= 11 is 0. The molecule has 0 aromatic carbocycles. The second kappa shape index (κ2) is 4.94. The van der Waals surface area contributed by atoms with Crippen LogP contribution in [0.15, 0.2) is 0 Å². The molecule has 1 saturated carbocycles. The fourth-order valence-corrected chi connectivity index (χ4v) is 2.10. The average molecular weight is 211 g/mol. The maximum absolute atomic E-state index is 11.5. The van der Waals surface area contributed by atoms with Gasteiger partial charge in [0, 0.05) is 18.6 Å². The van der Waals surface area contributed by atoms with E-state index in [1.165, 1.54) is 25.7 Å². The monoisotopic (exact) mass is 211 g/mol. The average Bonchev–Trinajstić information content (AvgIpc) is 2.80. The van der Waals surface area contributed by atoms with Crippen LogP contribution in [-0.2, 0) is 4.79 Å². The van der Waals surface area contributed by atoms with Gasteiger partial charge in [-0.3, -0.25) is 9.69 Å². The molecule has 1 heterocycles. The maximum atomic E-state index is 11.5. The van der Waals surface area contributed by atoms with E-state index in [1.54, 1.807) is 0 Å². The summed E-state index contributed by atoms with van der Waals surface area (Å²) in [5.74, 6) is 0.179. The molecular weight excluding hydrogens is 190 g/mol. The van der Waals surface area contributed by atoms with Crippen molar-refractivity contribution in [3.63, 3.8) is 0 Å². The van der Waals surface area contributed by atoms with Crippen LogP contribution < -0.4 is 10.6 Å². The Morgan fingerprint density at radius 1 is 1.47 bits per heavy atom.